The lowest BCUT2D eigenvalue weighted by molar-refractivity contribution is -0.125. The van der Waals surface area contributed by atoms with Gasteiger partial charge in [-0.05, 0) is 50.2 Å². The van der Waals surface area contributed by atoms with Gasteiger partial charge in [0.05, 0.1) is 25.1 Å². The molecular weight excluding hydrogens is 380 g/mol. The van der Waals surface area contributed by atoms with E-state index in [4.69, 9.17) is 13.9 Å². The van der Waals surface area contributed by atoms with Crippen LogP contribution in [0.5, 0.6) is 5.75 Å². The van der Waals surface area contributed by atoms with Gasteiger partial charge in [-0.25, -0.2) is 9.78 Å². The molecule has 0 aliphatic rings. The minimum atomic E-state index is -0.574. The number of ether oxygens (including phenoxy) is 2. The lowest BCUT2D eigenvalue weighted by Gasteiger charge is -2.11. The van der Waals surface area contributed by atoms with Crippen LogP contribution in [0.1, 0.15) is 34.1 Å². The van der Waals surface area contributed by atoms with E-state index in [1.807, 2.05) is 24.3 Å². The number of nitrogens with one attached hydrogen (secondary N) is 1. The molecule has 0 spiro atoms. The zero-order chi connectivity index (χ0) is 20.1. The predicted octanol–water partition coefficient (Wildman–Crippen LogP) is 3.75. The Morgan fingerprint density at radius 1 is 1.25 bits per heavy atom. The fourth-order valence-corrected chi connectivity index (χ4v) is 3.50. The van der Waals surface area contributed by atoms with Crippen molar-refractivity contribution in [3.8, 4) is 16.3 Å². The summed E-state index contributed by atoms with van der Waals surface area (Å²) in [5.74, 6) is 0.388. The first kappa shape index (κ1) is 19.6. The lowest BCUT2D eigenvalue weighted by Crippen LogP contribution is -2.30. The molecule has 1 atom stereocenters. The third-order valence-electron chi connectivity index (χ3n) is 4.00. The van der Waals surface area contributed by atoms with Gasteiger partial charge in [-0.2, -0.15) is 0 Å². The van der Waals surface area contributed by atoms with Crippen LogP contribution in [0.4, 0.5) is 0 Å². The first-order valence-corrected chi connectivity index (χ1v) is 9.41. The molecule has 28 heavy (non-hydrogen) atoms. The molecule has 1 amide bonds. The minimum Gasteiger partial charge on any atom is -0.497 e. The van der Waals surface area contributed by atoms with Crippen molar-refractivity contribution in [3.05, 3.63) is 59.0 Å². The maximum atomic E-state index is 12.4. The number of rotatable bonds is 7. The Morgan fingerprint density at radius 2 is 2.00 bits per heavy atom. The first-order valence-electron chi connectivity index (χ1n) is 8.59. The molecule has 3 rings (SSSR count). The van der Waals surface area contributed by atoms with E-state index >= 15 is 0 Å². The van der Waals surface area contributed by atoms with Crippen LogP contribution in [-0.4, -0.2) is 30.6 Å². The van der Waals surface area contributed by atoms with Crippen LogP contribution in [0.2, 0.25) is 0 Å². The first-order chi connectivity index (χ1) is 13.5. The van der Waals surface area contributed by atoms with Crippen molar-refractivity contribution in [1.82, 2.24) is 10.3 Å². The Balaban J connectivity index is 1.59. The number of amides is 1. The molecule has 1 aromatic carbocycles. The summed E-state index contributed by atoms with van der Waals surface area (Å²) in [6.07, 6.45) is 1.53. The summed E-state index contributed by atoms with van der Waals surface area (Å²) >= 11 is 1.22. The lowest BCUT2D eigenvalue weighted by atomic mass is 10.2. The van der Waals surface area contributed by atoms with E-state index in [0.29, 0.717) is 21.3 Å². The zero-order valence-electron chi connectivity index (χ0n) is 15.7. The molecule has 0 fully saturated rings. The van der Waals surface area contributed by atoms with Crippen molar-refractivity contribution in [2.24, 2.45) is 0 Å². The van der Waals surface area contributed by atoms with E-state index in [1.165, 1.54) is 17.6 Å². The number of esters is 1. The van der Waals surface area contributed by atoms with Gasteiger partial charge in [0, 0.05) is 5.56 Å². The molecule has 7 nitrogen and oxygen atoms in total. The molecule has 0 radical (unpaired) electrons. The normalized spacial score (nSPS) is 11.7. The molecule has 0 saturated heterocycles. The van der Waals surface area contributed by atoms with Gasteiger partial charge in [0.25, 0.3) is 5.91 Å². The fraction of sp³-hybridized carbons (Fsp3) is 0.250. The van der Waals surface area contributed by atoms with Crippen molar-refractivity contribution in [2.75, 3.05) is 13.7 Å². The molecule has 3 aromatic rings. The van der Waals surface area contributed by atoms with Gasteiger partial charge < -0.3 is 19.2 Å². The quantitative estimate of drug-likeness (QED) is 0.608. The molecule has 146 valence electrons. The van der Waals surface area contributed by atoms with Gasteiger partial charge in [0.15, 0.2) is 6.61 Å². The maximum absolute atomic E-state index is 12.4. The van der Waals surface area contributed by atoms with Gasteiger partial charge in [-0.15, -0.1) is 11.3 Å². The van der Waals surface area contributed by atoms with E-state index in [1.54, 1.807) is 33.1 Å². The van der Waals surface area contributed by atoms with Crippen molar-refractivity contribution < 1.29 is 23.5 Å². The maximum Gasteiger partial charge on any atom is 0.350 e. The minimum absolute atomic E-state index is 0.312. The van der Waals surface area contributed by atoms with Gasteiger partial charge in [0.2, 0.25) is 0 Å². The average molecular weight is 400 g/mol. The summed E-state index contributed by atoms with van der Waals surface area (Å²) in [4.78, 5) is 29.2. The number of aromatic nitrogens is 1. The summed E-state index contributed by atoms with van der Waals surface area (Å²) in [6.45, 7) is 3.14. The number of aryl methyl sites for hydroxylation is 1. The Labute approximate surface area is 166 Å². The topological polar surface area (TPSA) is 90.7 Å². The van der Waals surface area contributed by atoms with Crippen LogP contribution in [0.25, 0.3) is 10.6 Å². The monoisotopic (exact) mass is 400 g/mol. The number of nitrogens with zero attached hydrogens (tertiary/aromatic N) is 1. The predicted molar refractivity (Wildman–Crippen MR) is 104 cm³/mol. The van der Waals surface area contributed by atoms with Crippen molar-refractivity contribution in [1.29, 1.82) is 0 Å². The van der Waals surface area contributed by atoms with Crippen molar-refractivity contribution >= 4 is 23.2 Å². The highest BCUT2D eigenvalue weighted by Crippen LogP contribution is 2.29. The number of methoxy groups -OCH3 is 1. The van der Waals surface area contributed by atoms with E-state index in [0.717, 1.165) is 11.3 Å². The Kier molecular flexibility index (Phi) is 6.10. The second kappa shape index (κ2) is 8.71. The Morgan fingerprint density at radius 3 is 2.64 bits per heavy atom. The van der Waals surface area contributed by atoms with E-state index in [-0.39, 0.29) is 12.6 Å². The van der Waals surface area contributed by atoms with Crippen LogP contribution in [0.15, 0.2) is 47.1 Å². The molecule has 0 saturated carbocycles. The van der Waals surface area contributed by atoms with Crippen LogP contribution in [-0.2, 0) is 9.53 Å². The summed E-state index contributed by atoms with van der Waals surface area (Å²) in [7, 11) is 1.60. The molecule has 8 heteroatoms. The van der Waals surface area contributed by atoms with Crippen LogP contribution in [0, 0.1) is 6.92 Å². The number of thiazole rings is 1. The van der Waals surface area contributed by atoms with E-state index < -0.39 is 11.9 Å². The van der Waals surface area contributed by atoms with Gasteiger partial charge in [-0.3, -0.25) is 4.79 Å². The fourth-order valence-electron chi connectivity index (χ4n) is 2.53. The highest BCUT2D eigenvalue weighted by molar-refractivity contribution is 7.17. The van der Waals surface area contributed by atoms with Gasteiger partial charge in [0.1, 0.15) is 21.4 Å². The summed E-state index contributed by atoms with van der Waals surface area (Å²) in [5, 5.41) is 3.41. The van der Waals surface area contributed by atoms with Crippen molar-refractivity contribution in [2.45, 2.75) is 19.9 Å². The standard InChI is InChI=1S/C20H20N2O5S/c1-12(16-5-4-10-26-16)21-17(23)11-27-20(24)18-13(2)22-19(28-18)14-6-8-15(25-3)9-7-14/h4-10,12H,11H2,1-3H3,(H,21,23)/t12-/m0/s1. The zero-order valence-corrected chi connectivity index (χ0v) is 16.5. The number of furan rings is 1. The van der Waals surface area contributed by atoms with Crippen LogP contribution in [0.3, 0.4) is 0 Å². The Bertz CT molecular complexity index is 948. The molecule has 0 unspecified atom stereocenters. The van der Waals surface area contributed by atoms with Gasteiger partial charge in [-0.1, -0.05) is 0 Å². The molecule has 0 aliphatic carbocycles. The molecular formula is C20H20N2O5S. The second-order valence-electron chi connectivity index (χ2n) is 6.04. The van der Waals surface area contributed by atoms with Crippen LogP contribution >= 0.6 is 11.3 Å². The number of benzene rings is 1. The largest absolute Gasteiger partial charge is 0.497 e. The molecule has 1 N–H and O–H groups in total. The molecule has 2 aromatic heterocycles. The van der Waals surface area contributed by atoms with Crippen LogP contribution < -0.4 is 10.1 Å². The van der Waals surface area contributed by atoms with E-state index in [2.05, 4.69) is 10.3 Å². The number of carbonyl (C=O) groups is 2. The molecule has 2 heterocycles. The number of hydrogen-bond donors (Lipinski definition) is 1. The average Bonchev–Trinajstić information content (AvgIpc) is 3.36. The smallest absolute Gasteiger partial charge is 0.350 e. The third kappa shape index (κ3) is 4.58. The summed E-state index contributed by atoms with van der Waals surface area (Å²) in [6, 6.07) is 10.6. The second-order valence-corrected chi connectivity index (χ2v) is 7.04. The highest BCUT2D eigenvalue weighted by atomic mass is 32.1. The van der Waals surface area contributed by atoms with Crippen molar-refractivity contribution in [3.63, 3.8) is 0 Å². The molecule has 0 bridgehead atoms. The third-order valence-corrected chi connectivity index (χ3v) is 5.19. The number of carbonyl (C=O) groups excluding carboxylic acids is 2. The number of hydrogen-bond acceptors (Lipinski definition) is 7. The summed E-state index contributed by atoms with van der Waals surface area (Å²) < 4.78 is 15.5. The molecule has 0 aliphatic heterocycles. The SMILES string of the molecule is COc1ccc(-c2nc(C)c(C(=O)OCC(=O)N[C@@H](C)c3ccco3)s2)cc1. The summed E-state index contributed by atoms with van der Waals surface area (Å²) in [5.41, 5.74) is 1.43. The highest BCUT2D eigenvalue weighted by Gasteiger charge is 2.19. The Hall–Kier alpha value is -3.13. The van der Waals surface area contributed by atoms with Gasteiger partial charge >= 0.3 is 5.97 Å². The van der Waals surface area contributed by atoms with E-state index in [9.17, 15) is 9.59 Å².